The largest absolute Gasteiger partial charge is 0.396 e. The van der Waals surface area contributed by atoms with Crippen LogP contribution in [0.5, 0.6) is 0 Å². The van der Waals surface area contributed by atoms with E-state index in [9.17, 15) is 13.2 Å². The predicted octanol–water partition coefficient (Wildman–Crippen LogP) is 0.214. The van der Waals surface area contributed by atoms with Crippen molar-refractivity contribution in [3.8, 4) is 0 Å². The molecule has 7 nitrogen and oxygen atoms in total. The molecule has 1 atom stereocenters. The summed E-state index contributed by atoms with van der Waals surface area (Å²) < 4.78 is 27.2. The molecular weight excluding hydrogens is 294 g/mol. The van der Waals surface area contributed by atoms with Gasteiger partial charge >= 0.3 is 0 Å². The number of rotatable bonds is 7. The lowest BCUT2D eigenvalue weighted by molar-refractivity contribution is 0.0877. The highest BCUT2D eigenvalue weighted by atomic mass is 32.2. The summed E-state index contributed by atoms with van der Waals surface area (Å²) in [7, 11) is -0.657. The van der Waals surface area contributed by atoms with Crippen molar-refractivity contribution in [2.75, 3.05) is 13.7 Å². The molecule has 0 aliphatic heterocycles. The van der Waals surface area contributed by atoms with Crippen LogP contribution in [-0.4, -0.2) is 43.2 Å². The number of aromatic nitrogens is 1. The molecule has 8 heteroatoms. The molecule has 1 unspecified atom stereocenters. The number of nitrogens with one attached hydrogen (secondary N) is 2. The average molecular weight is 317 g/mol. The molecule has 0 bridgehead atoms. The summed E-state index contributed by atoms with van der Waals surface area (Å²) in [4.78, 5) is 12.4. The lowest BCUT2D eigenvalue weighted by Gasteiger charge is -2.29. The van der Waals surface area contributed by atoms with Crippen molar-refractivity contribution >= 4 is 15.9 Å². The van der Waals surface area contributed by atoms with Crippen molar-refractivity contribution in [1.29, 1.82) is 0 Å². The van der Waals surface area contributed by atoms with Crippen LogP contribution < -0.4 is 10.0 Å². The van der Waals surface area contributed by atoms with Gasteiger partial charge in [0.2, 0.25) is 10.0 Å². The van der Waals surface area contributed by atoms with Gasteiger partial charge in [0.05, 0.1) is 0 Å². The molecule has 0 aromatic carbocycles. The van der Waals surface area contributed by atoms with Gasteiger partial charge in [-0.2, -0.15) is 0 Å². The van der Waals surface area contributed by atoms with Gasteiger partial charge in [0.15, 0.2) is 0 Å². The second kappa shape index (κ2) is 6.59. The van der Waals surface area contributed by atoms with Gasteiger partial charge in [-0.3, -0.25) is 4.79 Å². The van der Waals surface area contributed by atoms with Crippen molar-refractivity contribution in [3.63, 3.8) is 0 Å². The van der Waals surface area contributed by atoms with Gasteiger partial charge in [0.1, 0.15) is 10.6 Å². The molecule has 0 spiro atoms. The van der Waals surface area contributed by atoms with E-state index in [-0.39, 0.29) is 23.1 Å². The Balaban J connectivity index is 3.04. The summed E-state index contributed by atoms with van der Waals surface area (Å²) in [6.45, 7) is 3.73. The van der Waals surface area contributed by atoms with Gasteiger partial charge in [-0.15, -0.1) is 0 Å². The summed E-state index contributed by atoms with van der Waals surface area (Å²) in [5.41, 5.74) is -0.278. The Morgan fingerprint density at radius 1 is 1.48 bits per heavy atom. The zero-order valence-electron chi connectivity index (χ0n) is 12.8. The fourth-order valence-corrected chi connectivity index (χ4v) is 2.74. The Hall–Kier alpha value is -1.38. The molecule has 0 fully saturated rings. The maximum atomic E-state index is 12.3. The topological polar surface area (TPSA) is 100 Å². The van der Waals surface area contributed by atoms with Gasteiger partial charge in [-0.25, -0.2) is 13.1 Å². The van der Waals surface area contributed by atoms with Gasteiger partial charge in [0.25, 0.3) is 5.91 Å². The summed E-state index contributed by atoms with van der Waals surface area (Å²) in [6.07, 6.45) is 2.48. The van der Waals surface area contributed by atoms with Gasteiger partial charge in [0, 0.05) is 25.4 Å². The van der Waals surface area contributed by atoms with Crippen LogP contribution in [0, 0.1) is 0 Å². The Labute approximate surface area is 125 Å². The first-order valence-electron chi connectivity index (χ1n) is 6.72. The van der Waals surface area contributed by atoms with Gasteiger partial charge < -0.3 is 15.0 Å². The number of aliphatic hydroxyl groups is 1. The van der Waals surface area contributed by atoms with E-state index in [1.807, 2.05) is 13.8 Å². The van der Waals surface area contributed by atoms with E-state index < -0.39 is 15.6 Å². The van der Waals surface area contributed by atoms with Crippen molar-refractivity contribution in [2.45, 2.75) is 37.1 Å². The minimum atomic E-state index is -3.58. The molecule has 0 aliphatic rings. The molecule has 1 rings (SSSR count). The molecule has 3 N–H and O–H groups in total. The predicted molar refractivity (Wildman–Crippen MR) is 79.5 cm³/mol. The Morgan fingerprint density at radius 3 is 2.57 bits per heavy atom. The van der Waals surface area contributed by atoms with E-state index in [0.29, 0.717) is 12.8 Å². The fourth-order valence-electron chi connectivity index (χ4n) is 1.94. The minimum absolute atomic E-state index is 0.0306. The molecule has 0 radical (unpaired) electrons. The number of amides is 1. The molecular formula is C13H23N3O4S. The van der Waals surface area contributed by atoms with Gasteiger partial charge in [-0.1, -0.05) is 6.92 Å². The van der Waals surface area contributed by atoms with Crippen LogP contribution in [-0.2, 0) is 17.1 Å². The van der Waals surface area contributed by atoms with E-state index in [2.05, 4.69) is 10.0 Å². The molecule has 0 saturated carbocycles. The average Bonchev–Trinajstić information content (AvgIpc) is 2.82. The van der Waals surface area contributed by atoms with Crippen molar-refractivity contribution in [3.05, 3.63) is 18.0 Å². The molecule has 1 amide bonds. The number of carbonyl (C=O) groups excluding carboxylic acids is 1. The molecule has 1 heterocycles. The number of hydrogen-bond acceptors (Lipinski definition) is 4. The van der Waals surface area contributed by atoms with E-state index in [4.69, 9.17) is 5.11 Å². The third kappa shape index (κ3) is 4.05. The first kappa shape index (κ1) is 17.7. The highest BCUT2D eigenvalue weighted by Crippen LogP contribution is 2.17. The zero-order valence-corrected chi connectivity index (χ0v) is 13.6. The minimum Gasteiger partial charge on any atom is -0.396 e. The third-order valence-corrected chi connectivity index (χ3v) is 5.03. The number of nitrogens with zero attached hydrogens (tertiary/aromatic N) is 1. The Morgan fingerprint density at radius 2 is 2.10 bits per heavy atom. The van der Waals surface area contributed by atoms with Crippen LogP contribution in [0.4, 0.5) is 0 Å². The molecule has 0 saturated heterocycles. The van der Waals surface area contributed by atoms with E-state index in [0.717, 1.165) is 0 Å². The highest BCUT2D eigenvalue weighted by Gasteiger charge is 2.26. The number of carbonyl (C=O) groups is 1. The standard InChI is InChI=1S/C13H23N3O4S/c1-5-13(2,6-7-17)15-12(18)11-8-10(9-16(11)4)21(19,20)14-3/h8-9,14,17H,5-7H2,1-4H3,(H,15,18). The molecule has 1 aromatic heterocycles. The lowest BCUT2D eigenvalue weighted by atomic mass is 9.95. The highest BCUT2D eigenvalue weighted by molar-refractivity contribution is 7.89. The van der Waals surface area contributed by atoms with Crippen molar-refractivity contribution in [1.82, 2.24) is 14.6 Å². The number of aryl methyl sites for hydroxylation is 1. The fraction of sp³-hybridized carbons (Fsp3) is 0.615. The Bertz CT molecular complexity index is 609. The summed E-state index contributed by atoms with van der Waals surface area (Å²) >= 11 is 0. The smallest absolute Gasteiger partial charge is 0.268 e. The van der Waals surface area contributed by atoms with Crippen LogP contribution >= 0.6 is 0 Å². The molecule has 120 valence electrons. The van der Waals surface area contributed by atoms with Crippen LogP contribution in [0.15, 0.2) is 17.2 Å². The van der Waals surface area contributed by atoms with Crippen molar-refractivity contribution < 1.29 is 18.3 Å². The lowest BCUT2D eigenvalue weighted by Crippen LogP contribution is -2.46. The normalized spacial score (nSPS) is 14.7. The second-order valence-corrected chi connectivity index (χ2v) is 7.11. The van der Waals surface area contributed by atoms with Gasteiger partial charge in [-0.05, 0) is 32.9 Å². The van der Waals surface area contributed by atoms with E-state index >= 15 is 0 Å². The zero-order chi connectivity index (χ0) is 16.3. The van der Waals surface area contributed by atoms with E-state index in [1.165, 1.54) is 23.9 Å². The number of sulfonamides is 1. The van der Waals surface area contributed by atoms with E-state index in [1.54, 1.807) is 7.05 Å². The number of hydrogen-bond donors (Lipinski definition) is 3. The second-order valence-electron chi connectivity index (χ2n) is 5.22. The first-order valence-corrected chi connectivity index (χ1v) is 8.20. The summed E-state index contributed by atoms with van der Waals surface area (Å²) in [6, 6.07) is 1.33. The van der Waals surface area contributed by atoms with Crippen LogP contribution in [0.2, 0.25) is 0 Å². The molecule has 21 heavy (non-hydrogen) atoms. The van der Waals surface area contributed by atoms with Crippen LogP contribution in [0.3, 0.4) is 0 Å². The summed E-state index contributed by atoms with van der Waals surface area (Å²) in [5.74, 6) is -0.368. The number of aliphatic hydroxyl groups excluding tert-OH is 1. The third-order valence-electron chi connectivity index (χ3n) is 3.65. The Kier molecular flexibility index (Phi) is 5.54. The summed E-state index contributed by atoms with van der Waals surface area (Å²) in [5, 5.41) is 11.9. The first-order chi connectivity index (χ1) is 9.69. The monoisotopic (exact) mass is 317 g/mol. The SMILES string of the molecule is CCC(C)(CCO)NC(=O)c1cc(S(=O)(=O)NC)cn1C. The van der Waals surface area contributed by atoms with Crippen LogP contribution in [0.25, 0.3) is 0 Å². The molecule has 1 aromatic rings. The molecule has 0 aliphatic carbocycles. The maximum Gasteiger partial charge on any atom is 0.268 e. The quantitative estimate of drug-likeness (QED) is 0.669. The maximum absolute atomic E-state index is 12.3. The van der Waals surface area contributed by atoms with Crippen molar-refractivity contribution in [2.24, 2.45) is 7.05 Å². The van der Waals surface area contributed by atoms with Crippen LogP contribution in [0.1, 0.15) is 37.2 Å².